The summed E-state index contributed by atoms with van der Waals surface area (Å²) in [6, 6.07) is 0. The van der Waals surface area contributed by atoms with Crippen LogP contribution in [0.25, 0.3) is 0 Å². The summed E-state index contributed by atoms with van der Waals surface area (Å²) in [5.41, 5.74) is 1.02. The van der Waals surface area contributed by atoms with E-state index < -0.39 is 0 Å². The van der Waals surface area contributed by atoms with Crippen LogP contribution in [0.2, 0.25) is 0 Å². The Kier molecular flexibility index (Phi) is 1.76. The van der Waals surface area contributed by atoms with Crippen LogP contribution >= 0.6 is 0 Å². The Morgan fingerprint density at radius 1 is 1.36 bits per heavy atom. The minimum atomic E-state index is 0.739. The normalized spacial score (nSPS) is 22.5. The van der Waals surface area contributed by atoms with Crippen molar-refractivity contribution in [3.63, 3.8) is 0 Å². The number of aliphatic imine (C=N–C) groups is 1. The van der Waals surface area contributed by atoms with E-state index in [0.29, 0.717) is 0 Å². The minimum absolute atomic E-state index is 0.739. The summed E-state index contributed by atoms with van der Waals surface area (Å²) in [6.07, 6.45) is 8.50. The molecule has 0 spiro atoms. The number of ether oxygens (including phenoxy) is 1. The SMILES string of the molecule is C1=CC2=NCCOC2=CCC1. The van der Waals surface area contributed by atoms with E-state index in [-0.39, 0.29) is 0 Å². The van der Waals surface area contributed by atoms with Crippen molar-refractivity contribution in [1.82, 2.24) is 0 Å². The van der Waals surface area contributed by atoms with Gasteiger partial charge in [-0.25, -0.2) is 0 Å². The summed E-state index contributed by atoms with van der Waals surface area (Å²) in [5.74, 6) is 0.977. The van der Waals surface area contributed by atoms with Gasteiger partial charge in [0.05, 0.1) is 12.3 Å². The fraction of sp³-hybridized carbons (Fsp3) is 0.444. The molecule has 0 fully saturated rings. The quantitative estimate of drug-likeness (QED) is 0.513. The van der Waals surface area contributed by atoms with Crippen molar-refractivity contribution < 1.29 is 4.74 Å². The molecule has 0 radical (unpaired) electrons. The zero-order valence-electron chi connectivity index (χ0n) is 6.42. The maximum absolute atomic E-state index is 5.44. The van der Waals surface area contributed by atoms with E-state index in [9.17, 15) is 0 Å². The predicted molar refractivity (Wildman–Crippen MR) is 44.7 cm³/mol. The van der Waals surface area contributed by atoms with Crippen molar-refractivity contribution in [1.29, 1.82) is 0 Å². The number of fused-ring (bicyclic) bond motifs is 1. The van der Waals surface area contributed by atoms with Crippen LogP contribution < -0.4 is 0 Å². The molecule has 2 heteroatoms. The van der Waals surface area contributed by atoms with E-state index in [1.807, 2.05) is 0 Å². The highest BCUT2D eigenvalue weighted by Gasteiger charge is 2.10. The van der Waals surface area contributed by atoms with Crippen LogP contribution in [-0.4, -0.2) is 18.9 Å². The molecular formula is C9H11NO. The zero-order chi connectivity index (χ0) is 7.52. The molecular weight excluding hydrogens is 138 g/mol. The van der Waals surface area contributed by atoms with Crippen LogP contribution in [0.1, 0.15) is 12.8 Å². The van der Waals surface area contributed by atoms with Gasteiger partial charge in [-0.2, -0.15) is 0 Å². The molecule has 0 unspecified atom stereocenters. The molecule has 0 saturated carbocycles. The first-order valence-corrected chi connectivity index (χ1v) is 4.01. The molecule has 0 N–H and O–H groups in total. The van der Waals surface area contributed by atoms with Gasteiger partial charge >= 0.3 is 0 Å². The Balaban J connectivity index is 2.31. The highest BCUT2D eigenvalue weighted by molar-refractivity contribution is 6.07. The van der Waals surface area contributed by atoms with Crippen molar-refractivity contribution in [3.05, 3.63) is 24.0 Å². The van der Waals surface area contributed by atoms with E-state index in [1.165, 1.54) is 0 Å². The lowest BCUT2D eigenvalue weighted by Gasteiger charge is -2.13. The summed E-state index contributed by atoms with van der Waals surface area (Å²) in [4.78, 5) is 4.35. The average molecular weight is 149 g/mol. The highest BCUT2D eigenvalue weighted by atomic mass is 16.5. The van der Waals surface area contributed by atoms with Crippen LogP contribution in [0.5, 0.6) is 0 Å². The van der Waals surface area contributed by atoms with E-state index >= 15 is 0 Å². The van der Waals surface area contributed by atoms with E-state index in [0.717, 1.165) is 37.5 Å². The summed E-state index contributed by atoms with van der Waals surface area (Å²) >= 11 is 0. The Morgan fingerprint density at radius 3 is 3.36 bits per heavy atom. The van der Waals surface area contributed by atoms with Gasteiger partial charge in [0.1, 0.15) is 12.4 Å². The van der Waals surface area contributed by atoms with Crippen molar-refractivity contribution in [2.45, 2.75) is 12.8 Å². The summed E-state index contributed by atoms with van der Waals surface area (Å²) < 4.78 is 5.44. The fourth-order valence-corrected chi connectivity index (χ4v) is 1.28. The van der Waals surface area contributed by atoms with Gasteiger partial charge in [-0.05, 0) is 25.0 Å². The topological polar surface area (TPSA) is 21.6 Å². The molecule has 0 aromatic rings. The third-order valence-corrected chi connectivity index (χ3v) is 1.82. The van der Waals surface area contributed by atoms with Gasteiger partial charge in [-0.15, -0.1) is 0 Å². The Bertz CT molecular complexity index is 238. The van der Waals surface area contributed by atoms with Crippen LogP contribution in [0, 0.1) is 0 Å². The minimum Gasteiger partial charge on any atom is -0.490 e. The molecule has 0 bridgehead atoms. The molecule has 58 valence electrons. The number of nitrogens with zero attached hydrogens (tertiary/aromatic N) is 1. The number of hydrogen-bond donors (Lipinski definition) is 0. The molecule has 2 aliphatic rings. The zero-order valence-corrected chi connectivity index (χ0v) is 6.42. The standard InChI is InChI=1S/C9H11NO/c1-2-4-8-9(5-3-1)11-7-6-10-8/h2,4-5H,1,3,6-7H2. The largest absolute Gasteiger partial charge is 0.490 e. The molecule has 2 rings (SSSR count). The maximum atomic E-state index is 5.44. The Labute approximate surface area is 66.3 Å². The summed E-state index contributed by atoms with van der Waals surface area (Å²) in [5, 5.41) is 0. The third-order valence-electron chi connectivity index (χ3n) is 1.82. The van der Waals surface area contributed by atoms with Crippen molar-refractivity contribution in [3.8, 4) is 0 Å². The van der Waals surface area contributed by atoms with E-state index in [4.69, 9.17) is 4.74 Å². The molecule has 1 aliphatic heterocycles. The van der Waals surface area contributed by atoms with Gasteiger partial charge in [-0.1, -0.05) is 6.08 Å². The molecule has 0 amide bonds. The number of hydrogen-bond acceptors (Lipinski definition) is 2. The molecule has 0 aromatic heterocycles. The van der Waals surface area contributed by atoms with Crippen LogP contribution in [0.3, 0.4) is 0 Å². The second-order valence-electron chi connectivity index (χ2n) is 2.66. The lowest BCUT2D eigenvalue weighted by molar-refractivity contribution is 0.231. The van der Waals surface area contributed by atoms with Crippen LogP contribution in [-0.2, 0) is 4.74 Å². The van der Waals surface area contributed by atoms with Gasteiger partial charge in [-0.3, -0.25) is 4.99 Å². The van der Waals surface area contributed by atoms with Crippen molar-refractivity contribution in [2.24, 2.45) is 4.99 Å². The van der Waals surface area contributed by atoms with Gasteiger partial charge in [0.2, 0.25) is 0 Å². The molecule has 11 heavy (non-hydrogen) atoms. The molecule has 0 saturated heterocycles. The molecule has 1 heterocycles. The molecule has 0 aromatic carbocycles. The number of allylic oxidation sites excluding steroid dienone is 3. The second-order valence-corrected chi connectivity index (χ2v) is 2.66. The van der Waals surface area contributed by atoms with Gasteiger partial charge in [0.15, 0.2) is 0 Å². The molecule has 0 atom stereocenters. The summed E-state index contributed by atoms with van der Waals surface area (Å²) in [6.45, 7) is 1.54. The van der Waals surface area contributed by atoms with Gasteiger partial charge < -0.3 is 4.74 Å². The lowest BCUT2D eigenvalue weighted by Crippen LogP contribution is -2.13. The first-order valence-electron chi connectivity index (χ1n) is 4.01. The average Bonchev–Trinajstić information content (AvgIpc) is 2.28. The van der Waals surface area contributed by atoms with Gasteiger partial charge in [0, 0.05) is 0 Å². The Hall–Kier alpha value is -1.05. The van der Waals surface area contributed by atoms with Crippen LogP contribution in [0.15, 0.2) is 29.0 Å². The first kappa shape index (κ1) is 6.65. The third kappa shape index (κ3) is 1.34. The number of rotatable bonds is 0. The fourth-order valence-electron chi connectivity index (χ4n) is 1.28. The smallest absolute Gasteiger partial charge is 0.140 e. The van der Waals surface area contributed by atoms with Crippen LogP contribution in [0.4, 0.5) is 0 Å². The molecule has 1 aliphatic carbocycles. The van der Waals surface area contributed by atoms with Crippen molar-refractivity contribution >= 4 is 5.71 Å². The maximum Gasteiger partial charge on any atom is 0.140 e. The Morgan fingerprint density at radius 2 is 2.36 bits per heavy atom. The summed E-state index contributed by atoms with van der Waals surface area (Å²) in [7, 11) is 0. The highest BCUT2D eigenvalue weighted by Crippen LogP contribution is 2.13. The predicted octanol–water partition coefficient (Wildman–Crippen LogP) is 1.69. The van der Waals surface area contributed by atoms with Gasteiger partial charge in [0.25, 0.3) is 0 Å². The van der Waals surface area contributed by atoms with Crippen molar-refractivity contribution in [2.75, 3.05) is 13.2 Å². The first-order chi connectivity index (χ1) is 5.47. The van der Waals surface area contributed by atoms with E-state index in [1.54, 1.807) is 0 Å². The second kappa shape index (κ2) is 2.91. The lowest BCUT2D eigenvalue weighted by atomic mass is 10.2. The molecule has 2 nitrogen and oxygen atoms in total. The van der Waals surface area contributed by atoms with E-state index in [2.05, 4.69) is 23.2 Å². The monoisotopic (exact) mass is 149 g/mol.